The Hall–Kier alpha value is -1.46. The highest BCUT2D eigenvalue weighted by atomic mass is 19.1. The van der Waals surface area contributed by atoms with E-state index in [2.05, 4.69) is 0 Å². The molecule has 1 aromatic rings. The van der Waals surface area contributed by atoms with Crippen molar-refractivity contribution in [3.63, 3.8) is 0 Å². The molecule has 5 heteroatoms. The molecule has 1 aromatic carbocycles. The van der Waals surface area contributed by atoms with Gasteiger partial charge in [0.15, 0.2) is 0 Å². The van der Waals surface area contributed by atoms with Crippen LogP contribution in [0.5, 0.6) is 0 Å². The predicted molar refractivity (Wildman–Crippen MR) is 66.2 cm³/mol. The van der Waals surface area contributed by atoms with Crippen LogP contribution < -0.4 is 0 Å². The molecule has 0 radical (unpaired) electrons. The van der Waals surface area contributed by atoms with Crippen LogP contribution in [0.15, 0.2) is 18.2 Å². The lowest BCUT2D eigenvalue weighted by Gasteiger charge is -2.20. The van der Waals surface area contributed by atoms with Crippen molar-refractivity contribution in [3.8, 4) is 0 Å². The van der Waals surface area contributed by atoms with Crippen LogP contribution in [-0.2, 0) is 11.3 Å². The van der Waals surface area contributed by atoms with Crippen molar-refractivity contribution in [2.45, 2.75) is 13.5 Å². The second kappa shape index (κ2) is 7.08. The Morgan fingerprint density at radius 2 is 2.22 bits per heavy atom. The van der Waals surface area contributed by atoms with Crippen molar-refractivity contribution in [1.82, 2.24) is 4.90 Å². The molecule has 0 aliphatic heterocycles. The summed E-state index contributed by atoms with van der Waals surface area (Å²) < 4.78 is 18.0. The zero-order valence-electron chi connectivity index (χ0n) is 10.6. The normalized spacial score (nSPS) is 10.9. The predicted octanol–water partition coefficient (Wildman–Crippen LogP) is 1.99. The lowest BCUT2D eigenvalue weighted by atomic mass is 10.1. The van der Waals surface area contributed by atoms with E-state index >= 15 is 0 Å². The Morgan fingerprint density at radius 3 is 2.78 bits per heavy atom. The average molecular weight is 255 g/mol. The Labute approximate surface area is 106 Å². The van der Waals surface area contributed by atoms with Gasteiger partial charge in [-0.3, -0.25) is 4.90 Å². The van der Waals surface area contributed by atoms with Crippen LogP contribution in [0.3, 0.4) is 0 Å². The number of rotatable bonds is 7. The highest BCUT2D eigenvalue weighted by molar-refractivity contribution is 5.89. The molecule has 0 unspecified atom stereocenters. The third-order valence-electron chi connectivity index (χ3n) is 2.76. The fourth-order valence-corrected chi connectivity index (χ4v) is 1.70. The van der Waals surface area contributed by atoms with Crippen molar-refractivity contribution in [1.29, 1.82) is 0 Å². The molecule has 0 saturated heterocycles. The van der Waals surface area contributed by atoms with Gasteiger partial charge < -0.3 is 9.84 Å². The van der Waals surface area contributed by atoms with Crippen LogP contribution in [0.1, 0.15) is 22.8 Å². The molecule has 100 valence electrons. The second-order valence-electron chi connectivity index (χ2n) is 3.97. The number of likely N-dealkylation sites (N-methyl/N-ethyl adjacent to an activating group) is 1. The highest BCUT2D eigenvalue weighted by Crippen LogP contribution is 2.14. The van der Waals surface area contributed by atoms with Gasteiger partial charge in [-0.1, -0.05) is 13.0 Å². The number of halogens is 1. The zero-order valence-corrected chi connectivity index (χ0v) is 10.6. The van der Waals surface area contributed by atoms with Crippen molar-refractivity contribution in [3.05, 3.63) is 35.1 Å². The molecule has 0 aromatic heterocycles. The third kappa shape index (κ3) is 4.09. The number of carboxylic acids is 1. The van der Waals surface area contributed by atoms with Crippen LogP contribution in [0.2, 0.25) is 0 Å². The van der Waals surface area contributed by atoms with Gasteiger partial charge in [-0.25, -0.2) is 9.18 Å². The van der Waals surface area contributed by atoms with Gasteiger partial charge in [-0.15, -0.1) is 0 Å². The molecule has 1 rings (SSSR count). The first-order valence-electron chi connectivity index (χ1n) is 5.81. The van der Waals surface area contributed by atoms with Crippen LogP contribution >= 0.6 is 0 Å². The maximum Gasteiger partial charge on any atom is 0.336 e. The van der Waals surface area contributed by atoms with E-state index in [0.29, 0.717) is 25.3 Å². The van der Waals surface area contributed by atoms with E-state index in [1.54, 1.807) is 7.11 Å². The van der Waals surface area contributed by atoms with E-state index in [4.69, 9.17) is 9.84 Å². The molecular formula is C13H18FNO3. The lowest BCUT2D eigenvalue weighted by Crippen LogP contribution is -2.27. The first-order valence-corrected chi connectivity index (χ1v) is 5.81. The Balaban J connectivity index is 2.84. The molecule has 0 spiro atoms. The number of benzene rings is 1. The van der Waals surface area contributed by atoms with Crippen LogP contribution in [-0.4, -0.2) is 42.8 Å². The Bertz CT molecular complexity index is 409. The lowest BCUT2D eigenvalue weighted by molar-refractivity contribution is 0.0693. The van der Waals surface area contributed by atoms with Crippen LogP contribution in [0, 0.1) is 5.82 Å². The zero-order chi connectivity index (χ0) is 13.5. The minimum atomic E-state index is -1.10. The standard InChI is InChI=1S/C13H18FNO3/c1-3-15(6-7-18-2)9-10-4-5-11(14)8-12(10)13(16)17/h4-5,8H,3,6-7,9H2,1-2H3,(H,16,17). The van der Waals surface area contributed by atoms with Crippen LogP contribution in [0.25, 0.3) is 0 Å². The van der Waals surface area contributed by atoms with Crippen molar-refractivity contribution in [2.75, 3.05) is 26.8 Å². The summed E-state index contributed by atoms with van der Waals surface area (Å²) in [4.78, 5) is 13.1. The summed E-state index contributed by atoms with van der Waals surface area (Å²) in [5.74, 6) is -1.64. The van der Waals surface area contributed by atoms with E-state index in [-0.39, 0.29) is 5.56 Å². The molecule has 0 amide bonds. The molecule has 18 heavy (non-hydrogen) atoms. The summed E-state index contributed by atoms with van der Waals surface area (Å²) >= 11 is 0. The fraction of sp³-hybridized carbons (Fsp3) is 0.462. The number of nitrogens with zero attached hydrogens (tertiary/aromatic N) is 1. The first kappa shape index (κ1) is 14.6. The van der Waals surface area contributed by atoms with Crippen molar-refractivity contribution < 1.29 is 19.0 Å². The number of carboxylic acid groups (broad SMARTS) is 1. The number of hydrogen-bond donors (Lipinski definition) is 1. The monoisotopic (exact) mass is 255 g/mol. The van der Waals surface area contributed by atoms with Crippen molar-refractivity contribution >= 4 is 5.97 Å². The quantitative estimate of drug-likeness (QED) is 0.809. The second-order valence-corrected chi connectivity index (χ2v) is 3.97. The van der Waals surface area contributed by atoms with Gasteiger partial charge >= 0.3 is 5.97 Å². The molecule has 0 bridgehead atoms. The minimum Gasteiger partial charge on any atom is -0.478 e. The highest BCUT2D eigenvalue weighted by Gasteiger charge is 2.13. The molecule has 0 atom stereocenters. The molecule has 0 aliphatic carbocycles. The fourth-order valence-electron chi connectivity index (χ4n) is 1.70. The van der Waals surface area contributed by atoms with E-state index in [1.807, 2.05) is 11.8 Å². The number of carbonyl (C=O) groups is 1. The Kier molecular flexibility index (Phi) is 5.74. The van der Waals surface area contributed by atoms with Gasteiger partial charge in [0, 0.05) is 20.2 Å². The van der Waals surface area contributed by atoms with Gasteiger partial charge in [0.25, 0.3) is 0 Å². The topological polar surface area (TPSA) is 49.8 Å². The minimum absolute atomic E-state index is 0.0193. The SMILES string of the molecule is CCN(CCOC)Cc1ccc(F)cc1C(=O)O. The number of aromatic carboxylic acids is 1. The molecule has 0 aliphatic rings. The molecule has 4 nitrogen and oxygen atoms in total. The number of hydrogen-bond acceptors (Lipinski definition) is 3. The summed E-state index contributed by atoms with van der Waals surface area (Å²) in [7, 11) is 1.62. The molecule has 0 fully saturated rings. The van der Waals surface area contributed by atoms with Crippen molar-refractivity contribution in [2.24, 2.45) is 0 Å². The van der Waals surface area contributed by atoms with Gasteiger partial charge in [0.2, 0.25) is 0 Å². The van der Waals surface area contributed by atoms with Gasteiger partial charge in [0.1, 0.15) is 5.82 Å². The van der Waals surface area contributed by atoms with E-state index in [9.17, 15) is 9.18 Å². The van der Waals surface area contributed by atoms with E-state index < -0.39 is 11.8 Å². The summed E-state index contributed by atoms with van der Waals surface area (Å²) in [6, 6.07) is 3.86. The summed E-state index contributed by atoms with van der Waals surface area (Å²) in [5, 5.41) is 9.04. The van der Waals surface area contributed by atoms with Gasteiger partial charge in [0.05, 0.1) is 12.2 Å². The summed E-state index contributed by atoms with van der Waals surface area (Å²) in [6.07, 6.45) is 0. The number of ether oxygens (including phenoxy) is 1. The van der Waals surface area contributed by atoms with Crippen LogP contribution in [0.4, 0.5) is 4.39 Å². The number of methoxy groups -OCH3 is 1. The third-order valence-corrected chi connectivity index (χ3v) is 2.76. The van der Waals surface area contributed by atoms with E-state index in [1.165, 1.54) is 12.1 Å². The largest absolute Gasteiger partial charge is 0.478 e. The van der Waals surface area contributed by atoms with Gasteiger partial charge in [-0.05, 0) is 24.2 Å². The molecule has 0 saturated carbocycles. The average Bonchev–Trinajstić information content (AvgIpc) is 2.35. The molecule has 0 heterocycles. The maximum atomic E-state index is 13.0. The molecular weight excluding hydrogens is 237 g/mol. The summed E-state index contributed by atoms with van der Waals surface area (Å²) in [6.45, 7) is 4.53. The molecule has 1 N–H and O–H groups in total. The van der Waals surface area contributed by atoms with E-state index in [0.717, 1.165) is 12.6 Å². The van der Waals surface area contributed by atoms with Gasteiger partial charge in [-0.2, -0.15) is 0 Å². The first-order chi connectivity index (χ1) is 8.58. The maximum absolute atomic E-state index is 13.0. The smallest absolute Gasteiger partial charge is 0.336 e. The Morgan fingerprint density at radius 1 is 1.50 bits per heavy atom. The summed E-state index contributed by atoms with van der Waals surface area (Å²) in [5.41, 5.74) is 0.632.